The van der Waals surface area contributed by atoms with Gasteiger partial charge in [0.2, 0.25) is 5.91 Å². The van der Waals surface area contributed by atoms with Crippen LogP contribution in [0.2, 0.25) is 0 Å². The highest BCUT2D eigenvalue weighted by atomic mass is 16.4. The second-order valence-corrected chi connectivity index (χ2v) is 6.34. The Hall–Kier alpha value is -2.51. The maximum absolute atomic E-state index is 12.4. The van der Waals surface area contributed by atoms with Crippen LogP contribution in [0, 0.1) is 13.8 Å². The lowest BCUT2D eigenvalue weighted by Gasteiger charge is -2.31. The van der Waals surface area contributed by atoms with Crippen molar-refractivity contribution in [1.82, 2.24) is 24.9 Å². The van der Waals surface area contributed by atoms with Gasteiger partial charge >= 0.3 is 5.97 Å². The van der Waals surface area contributed by atoms with E-state index >= 15 is 0 Å². The Morgan fingerprint density at radius 2 is 1.96 bits per heavy atom. The van der Waals surface area contributed by atoms with Crippen LogP contribution in [0.3, 0.4) is 0 Å². The number of aromatic nitrogens is 4. The van der Waals surface area contributed by atoms with Crippen LogP contribution in [-0.4, -0.2) is 42.1 Å². The van der Waals surface area contributed by atoms with Gasteiger partial charge in [-0.25, -0.2) is 9.50 Å². The van der Waals surface area contributed by atoms with Crippen molar-refractivity contribution in [3.8, 4) is 0 Å². The van der Waals surface area contributed by atoms with E-state index in [1.165, 1.54) is 6.33 Å². The smallest absolute Gasteiger partial charge is 0.305 e. The van der Waals surface area contributed by atoms with Gasteiger partial charge in [-0.3, -0.25) is 9.59 Å². The minimum absolute atomic E-state index is 0.0731. The Bertz CT molecular complexity index is 780. The van der Waals surface area contributed by atoms with Gasteiger partial charge in [-0.1, -0.05) is 13.8 Å². The molecule has 0 saturated heterocycles. The van der Waals surface area contributed by atoms with Crippen molar-refractivity contribution in [2.45, 2.75) is 65.3 Å². The number of amides is 1. The van der Waals surface area contributed by atoms with E-state index in [0.717, 1.165) is 17.0 Å². The monoisotopic (exact) mass is 347 g/mol. The van der Waals surface area contributed by atoms with Crippen LogP contribution < -0.4 is 5.32 Å². The van der Waals surface area contributed by atoms with E-state index in [4.69, 9.17) is 5.11 Å². The van der Waals surface area contributed by atoms with Gasteiger partial charge in [-0.2, -0.15) is 10.1 Å². The van der Waals surface area contributed by atoms with Crippen molar-refractivity contribution in [3.63, 3.8) is 0 Å². The highest BCUT2D eigenvalue weighted by molar-refractivity contribution is 5.78. The van der Waals surface area contributed by atoms with Crippen molar-refractivity contribution in [1.29, 1.82) is 0 Å². The van der Waals surface area contributed by atoms with E-state index < -0.39 is 11.5 Å². The molecule has 2 rings (SSSR count). The van der Waals surface area contributed by atoms with Crippen LogP contribution in [0.25, 0.3) is 5.78 Å². The molecule has 25 heavy (non-hydrogen) atoms. The molecular weight excluding hydrogens is 322 g/mol. The summed E-state index contributed by atoms with van der Waals surface area (Å²) in [6, 6.07) is 0. The Morgan fingerprint density at radius 1 is 1.28 bits per heavy atom. The summed E-state index contributed by atoms with van der Waals surface area (Å²) in [5.41, 5.74) is 2.01. The number of carbonyl (C=O) groups is 2. The SMILES string of the molecule is CCC(CC)(CC(=O)O)NC(=O)CCc1c(C)nc2ncnn2c1C. The molecule has 2 aromatic heterocycles. The van der Waals surface area contributed by atoms with Crippen molar-refractivity contribution in [2.75, 3.05) is 0 Å². The first-order valence-electron chi connectivity index (χ1n) is 8.50. The fraction of sp³-hybridized carbons (Fsp3) is 0.588. The molecule has 1 amide bonds. The summed E-state index contributed by atoms with van der Waals surface area (Å²) in [7, 11) is 0. The zero-order valence-electron chi connectivity index (χ0n) is 15.2. The van der Waals surface area contributed by atoms with Crippen molar-refractivity contribution in [2.24, 2.45) is 0 Å². The average Bonchev–Trinajstić information content (AvgIpc) is 3.01. The number of nitrogens with zero attached hydrogens (tertiary/aromatic N) is 4. The molecule has 0 aromatic carbocycles. The molecule has 2 aromatic rings. The Kier molecular flexibility index (Phi) is 5.71. The lowest BCUT2D eigenvalue weighted by molar-refractivity contribution is -0.139. The van der Waals surface area contributed by atoms with Crippen molar-refractivity contribution < 1.29 is 14.7 Å². The zero-order chi connectivity index (χ0) is 18.6. The topological polar surface area (TPSA) is 109 Å². The van der Waals surface area contributed by atoms with Gasteiger partial charge in [0, 0.05) is 23.3 Å². The molecule has 8 heteroatoms. The number of aliphatic carboxylic acids is 1. The zero-order valence-corrected chi connectivity index (χ0v) is 15.2. The number of aryl methyl sites for hydroxylation is 2. The van der Waals surface area contributed by atoms with E-state index in [9.17, 15) is 9.59 Å². The quantitative estimate of drug-likeness (QED) is 0.754. The van der Waals surface area contributed by atoms with E-state index in [2.05, 4.69) is 20.4 Å². The second-order valence-electron chi connectivity index (χ2n) is 6.34. The maximum atomic E-state index is 12.4. The van der Waals surface area contributed by atoms with Crippen LogP contribution in [-0.2, 0) is 16.0 Å². The number of nitrogens with one attached hydrogen (secondary N) is 1. The normalized spacial score (nSPS) is 11.7. The largest absolute Gasteiger partial charge is 0.481 e. The second kappa shape index (κ2) is 7.58. The van der Waals surface area contributed by atoms with Gasteiger partial charge in [0.05, 0.1) is 6.42 Å². The van der Waals surface area contributed by atoms with Crippen LogP contribution in [0.4, 0.5) is 0 Å². The van der Waals surface area contributed by atoms with E-state index in [1.807, 2.05) is 27.7 Å². The summed E-state index contributed by atoms with van der Waals surface area (Å²) in [4.78, 5) is 32.0. The predicted molar refractivity (Wildman–Crippen MR) is 92.3 cm³/mol. The molecule has 0 unspecified atom stereocenters. The molecule has 2 N–H and O–H groups in total. The number of hydrogen-bond acceptors (Lipinski definition) is 5. The fourth-order valence-electron chi connectivity index (χ4n) is 3.12. The third-order valence-electron chi connectivity index (χ3n) is 4.84. The number of carbonyl (C=O) groups excluding carboxylic acids is 1. The van der Waals surface area contributed by atoms with Gasteiger partial charge < -0.3 is 10.4 Å². The first kappa shape index (κ1) is 18.8. The summed E-state index contributed by atoms with van der Waals surface area (Å²) in [5, 5.41) is 16.2. The molecule has 0 saturated carbocycles. The molecule has 0 spiro atoms. The molecule has 0 aliphatic heterocycles. The van der Waals surface area contributed by atoms with Crippen LogP contribution >= 0.6 is 0 Å². The maximum Gasteiger partial charge on any atom is 0.305 e. The van der Waals surface area contributed by atoms with E-state index in [0.29, 0.717) is 25.0 Å². The number of fused-ring (bicyclic) bond motifs is 1. The predicted octanol–water partition coefficient (Wildman–Crippen LogP) is 1.82. The molecule has 2 heterocycles. The lowest BCUT2D eigenvalue weighted by atomic mass is 9.88. The third kappa shape index (κ3) is 4.12. The summed E-state index contributed by atoms with van der Waals surface area (Å²) in [6.45, 7) is 7.60. The lowest BCUT2D eigenvalue weighted by Crippen LogP contribution is -2.49. The summed E-state index contributed by atoms with van der Waals surface area (Å²) in [5.74, 6) is -0.514. The summed E-state index contributed by atoms with van der Waals surface area (Å²) >= 11 is 0. The average molecular weight is 347 g/mol. The molecule has 0 aliphatic rings. The van der Waals surface area contributed by atoms with Crippen LogP contribution in [0.5, 0.6) is 0 Å². The third-order valence-corrected chi connectivity index (χ3v) is 4.84. The molecule has 136 valence electrons. The molecule has 8 nitrogen and oxygen atoms in total. The Morgan fingerprint density at radius 3 is 2.56 bits per heavy atom. The number of hydrogen-bond donors (Lipinski definition) is 2. The van der Waals surface area contributed by atoms with Gasteiger partial charge in [0.1, 0.15) is 6.33 Å². The van der Waals surface area contributed by atoms with Crippen molar-refractivity contribution >= 4 is 17.7 Å². The minimum Gasteiger partial charge on any atom is -0.481 e. The number of carboxylic acid groups (broad SMARTS) is 1. The molecule has 0 bridgehead atoms. The van der Waals surface area contributed by atoms with Gasteiger partial charge in [0.25, 0.3) is 5.78 Å². The first-order chi connectivity index (χ1) is 11.8. The van der Waals surface area contributed by atoms with Crippen LogP contribution in [0.15, 0.2) is 6.33 Å². The van der Waals surface area contributed by atoms with E-state index in [1.54, 1.807) is 4.52 Å². The molecule has 0 atom stereocenters. The van der Waals surface area contributed by atoms with Gasteiger partial charge in [0.15, 0.2) is 0 Å². The Labute approximate surface area is 146 Å². The number of rotatable bonds is 8. The number of carboxylic acids is 1. The van der Waals surface area contributed by atoms with Crippen molar-refractivity contribution in [3.05, 3.63) is 23.3 Å². The van der Waals surface area contributed by atoms with Gasteiger partial charge in [-0.15, -0.1) is 0 Å². The summed E-state index contributed by atoms with van der Waals surface area (Å²) < 4.78 is 1.66. The first-order valence-corrected chi connectivity index (χ1v) is 8.50. The highest BCUT2D eigenvalue weighted by Crippen LogP contribution is 2.21. The molecular formula is C17H25N5O3. The molecule has 0 fully saturated rings. The van der Waals surface area contributed by atoms with E-state index in [-0.39, 0.29) is 18.7 Å². The fourth-order valence-corrected chi connectivity index (χ4v) is 3.12. The highest BCUT2D eigenvalue weighted by Gasteiger charge is 2.30. The molecule has 0 aliphatic carbocycles. The Balaban J connectivity index is 2.10. The standard InChI is InChI=1S/C17H25N5O3/c1-5-17(6-2,9-15(24)25)21-14(23)8-7-13-11(3)20-16-18-10-19-22(16)12(13)4/h10H,5-9H2,1-4H3,(H,21,23)(H,24,25). The molecule has 0 radical (unpaired) electrons. The minimum atomic E-state index is -0.906. The van der Waals surface area contributed by atoms with Crippen LogP contribution in [0.1, 0.15) is 56.5 Å². The summed E-state index contributed by atoms with van der Waals surface area (Å²) in [6.07, 6.45) is 3.32. The van der Waals surface area contributed by atoms with Gasteiger partial charge in [-0.05, 0) is 38.7 Å².